The normalized spacial score (nSPS) is 17.0. The Labute approximate surface area is 105 Å². The van der Waals surface area contributed by atoms with Crippen LogP contribution in [-0.4, -0.2) is 30.1 Å². The van der Waals surface area contributed by atoms with Crippen molar-refractivity contribution in [3.05, 3.63) is 10.8 Å². The Morgan fingerprint density at radius 3 is 2.50 bits per heavy atom. The molecule has 0 radical (unpaired) electrons. The fraction of sp³-hybridized carbons (Fsp3) is 0.636. The molecule has 0 saturated carbocycles. The van der Waals surface area contributed by atoms with Crippen molar-refractivity contribution in [2.75, 3.05) is 30.4 Å². The van der Waals surface area contributed by atoms with Crippen LogP contribution in [0.1, 0.15) is 25.7 Å². The van der Waals surface area contributed by atoms with Crippen LogP contribution in [0.2, 0.25) is 0 Å². The first-order valence-electron chi connectivity index (χ1n) is 5.76. The standard InChI is InChI=1S/C11H17BrN4/c1-13-10-9(12)11(15-8-14-10)16-6-4-2-3-5-7-16/h8H,2-7H2,1H3,(H,13,14,15). The maximum Gasteiger partial charge on any atom is 0.148 e. The van der Waals surface area contributed by atoms with Crippen molar-refractivity contribution in [3.63, 3.8) is 0 Å². The van der Waals surface area contributed by atoms with Crippen LogP contribution in [0.3, 0.4) is 0 Å². The SMILES string of the molecule is CNc1ncnc(N2CCCCCC2)c1Br. The van der Waals surface area contributed by atoms with Crippen molar-refractivity contribution < 1.29 is 0 Å². The van der Waals surface area contributed by atoms with E-state index in [0.29, 0.717) is 0 Å². The van der Waals surface area contributed by atoms with Gasteiger partial charge in [-0.3, -0.25) is 0 Å². The third kappa shape index (κ3) is 2.45. The summed E-state index contributed by atoms with van der Waals surface area (Å²) in [4.78, 5) is 10.9. The Balaban J connectivity index is 2.24. The largest absolute Gasteiger partial charge is 0.372 e. The van der Waals surface area contributed by atoms with E-state index in [-0.39, 0.29) is 0 Å². The summed E-state index contributed by atoms with van der Waals surface area (Å²) >= 11 is 3.57. The van der Waals surface area contributed by atoms with Gasteiger partial charge in [0.2, 0.25) is 0 Å². The zero-order valence-electron chi connectivity index (χ0n) is 9.54. The summed E-state index contributed by atoms with van der Waals surface area (Å²) in [6, 6.07) is 0. The van der Waals surface area contributed by atoms with E-state index < -0.39 is 0 Å². The van der Waals surface area contributed by atoms with Crippen molar-refractivity contribution in [1.82, 2.24) is 9.97 Å². The molecule has 1 fully saturated rings. The lowest BCUT2D eigenvalue weighted by atomic mass is 10.2. The number of hydrogen-bond donors (Lipinski definition) is 1. The molecular formula is C11H17BrN4. The molecule has 16 heavy (non-hydrogen) atoms. The van der Waals surface area contributed by atoms with Crippen molar-refractivity contribution in [3.8, 4) is 0 Å². The highest BCUT2D eigenvalue weighted by atomic mass is 79.9. The number of nitrogens with one attached hydrogen (secondary N) is 1. The molecule has 1 aliphatic rings. The minimum atomic E-state index is 0.856. The Morgan fingerprint density at radius 1 is 1.19 bits per heavy atom. The summed E-state index contributed by atoms with van der Waals surface area (Å²) in [5.74, 6) is 1.87. The molecule has 2 heterocycles. The molecule has 0 bridgehead atoms. The zero-order chi connectivity index (χ0) is 11.4. The summed E-state index contributed by atoms with van der Waals surface area (Å²) in [6.45, 7) is 2.19. The Hall–Kier alpha value is -0.840. The number of aromatic nitrogens is 2. The van der Waals surface area contributed by atoms with Crippen LogP contribution in [0.15, 0.2) is 10.8 Å². The molecule has 5 heteroatoms. The van der Waals surface area contributed by atoms with Gasteiger partial charge in [0, 0.05) is 20.1 Å². The second-order valence-corrected chi connectivity index (χ2v) is 4.80. The molecule has 0 atom stereocenters. The second kappa shape index (κ2) is 5.48. The van der Waals surface area contributed by atoms with E-state index in [9.17, 15) is 0 Å². The average molecular weight is 285 g/mol. The fourth-order valence-corrected chi connectivity index (χ4v) is 2.69. The number of nitrogens with zero attached hydrogens (tertiary/aromatic N) is 3. The zero-order valence-corrected chi connectivity index (χ0v) is 11.1. The van der Waals surface area contributed by atoms with E-state index in [2.05, 4.69) is 36.1 Å². The van der Waals surface area contributed by atoms with Crippen LogP contribution in [-0.2, 0) is 0 Å². The molecule has 1 aliphatic heterocycles. The summed E-state index contributed by atoms with van der Waals surface area (Å²) < 4.78 is 0.972. The van der Waals surface area contributed by atoms with Gasteiger partial charge in [-0.15, -0.1) is 0 Å². The van der Waals surface area contributed by atoms with Crippen LogP contribution < -0.4 is 10.2 Å². The van der Waals surface area contributed by atoms with Crippen molar-refractivity contribution in [2.24, 2.45) is 0 Å². The van der Waals surface area contributed by atoms with Gasteiger partial charge in [0.1, 0.15) is 22.4 Å². The van der Waals surface area contributed by atoms with Gasteiger partial charge in [-0.1, -0.05) is 12.8 Å². The average Bonchev–Trinajstić information content (AvgIpc) is 2.58. The maximum absolute atomic E-state index is 4.38. The molecule has 1 aromatic heterocycles. The van der Waals surface area contributed by atoms with Gasteiger partial charge < -0.3 is 10.2 Å². The molecule has 0 aliphatic carbocycles. The summed E-state index contributed by atoms with van der Waals surface area (Å²) in [5.41, 5.74) is 0. The van der Waals surface area contributed by atoms with Crippen molar-refractivity contribution >= 4 is 27.6 Å². The van der Waals surface area contributed by atoms with Gasteiger partial charge in [-0.2, -0.15) is 0 Å². The molecule has 2 rings (SSSR count). The molecule has 0 amide bonds. The minimum Gasteiger partial charge on any atom is -0.372 e. The first-order valence-corrected chi connectivity index (χ1v) is 6.55. The third-order valence-electron chi connectivity index (χ3n) is 2.91. The van der Waals surface area contributed by atoms with E-state index >= 15 is 0 Å². The predicted octanol–water partition coefficient (Wildman–Crippen LogP) is 2.66. The van der Waals surface area contributed by atoms with Gasteiger partial charge >= 0.3 is 0 Å². The lowest BCUT2D eigenvalue weighted by Gasteiger charge is -2.22. The Bertz CT molecular complexity index is 348. The molecule has 0 aromatic carbocycles. The highest BCUT2D eigenvalue weighted by Gasteiger charge is 2.16. The monoisotopic (exact) mass is 284 g/mol. The van der Waals surface area contributed by atoms with Crippen LogP contribution >= 0.6 is 15.9 Å². The van der Waals surface area contributed by atoms with E-state index in [1.54, 1.807) is 6.33 Å². The van der Waals surface area contributed by atoms with Gasteiger partial charge in [0.25, 0.3) is 0 Å². The van der Waals surface area contributed by atoms with Gasteiger partial charge in [-0.25, -0.2) is 9.97 Å². The Morgan fingerprint density at radius 2 is 1.88 bits per heavy atom. The highest BCUT2D eigenvalue weighted by molar-refractivity contribution is 9.10. The second-order valence-electron chi connectivity index (χ2n) is 4.01. The summed E-state index contributed by atoms with van der Waals surface area (Å²) in [6.07, 6.45) is 6.80. The quantitative estimate of drug-likeness (QED) is 0.907. The van der Waals surface area contributed by atoms with Gasteiger partial charge in [0.05, 0.1) is 0 Å². The smallest absolute Gasteiger partial charge is 0.148 e. The first-order chi connectivity index (χ1) is 7.83. The number of rotatable bonds is 2. The topological polar surface area (TPSA) is 41.1 Å². The third-order valence-corrected chi connectivity index (χ3v) is 3.64. The molecule has 4 nitrogen and oxygen atoms in total. The number of hydrogen-bond acceptors (Lipinski definition) is 4. The molecule has 1 N–H and O–H groups in total. The van der Waals surface area contributed by atoms with E-state index in [1.807, 2.05) is 7.05 Å². The number of halogens is 1. The van der Waals surface area contributed by atoms with Gasteiger partial charge in [0.15, 0.2) is 0 Å². The van der Waals surface area contributed by atoms with Crippen LogP contribution in [0.5, 0.6) is 0 Å². The maximum atomic E-state index is 4.38. The highest BCUT2D eigenvalue weighted by Crippen LogP contribution is 2.30. The summed E-state index contributed by atoms with van der Waals surface area (Å²) in [7, 11) is 1.87. The molecule has 1 saturated heterocycles. The molecule has 0 spiro atoms. The van der Waals surface area contributed by atoms with Crippen LogP contribution in [0.25, 0.3) is 0 Å². The van der Waals surface area contributed by atoms with Crippen molar-refractivity contribution in [2.45, 2.75) is 25.7 Å². The van der Waals surface area contributed by atoms with Gasteiger partial charge in [-0.05, 0) is 28.8 Å². The van der Waals surface area contributed by atoms with Crippen molar-refractivity contribution in [1.29, 1.82) is 0 Å². The molecule has 88 valence electrons. The molecule has 1 aromatic rings. The molecule has 0 unspecified atom stereocenters. The van der Waals surface area contributed by atoms with Crippen LogP contribution in [0.4, 0.5) is 11.6 Å². The predicted molar refractivity (Wildman–Crippen MR) is 70.0 cm³/mol. The van der Waals surface area contributed by atoms with E-state index in [1.165, 1.54) is 25.7 Å². The lowest BCUT2D eigenvalue weighted by Crippen LogP contribution is -2.25. The van der Waals surface area contributed by atoms with E-state index in [4.69, 9.17) is 0 Å². The van der Waals surface area contributed by atoms with E-state index in [0.717, 1.165) is 29.2 Å². The lowest BCUT2D eigenvalue weighted by molar-refractivity contribution is 0.726. The Kier molecular flexibility index (Phi) is 3.98. The molecular weight excluding hydrogens is 268 g/mol. The fourth-order valence-electron chi connectivity index (χ4n) is 2.04. The number of anilines is 2. The minimum absolute atomic E-state index is 0.856. The summed E-state index contributed by atoms with van der Waals surface area (Å²) in [5, 5.41) is 3.07. The van der Waals surface area contributed by atoms with Crippen LogP contribution in [0, 0.1) is 0 Å². The first kappa shape index (κ1) is 11.6.